The molecule has 0 saturated carbocycles. The number of hydrogen-bond donors (Lipinski definition) is 2. The molecule has 0 unspecified atom stereocenters. The van der Waals surface area contributed by atoms with Gasteiger partial charge in [0.1, 0.15) is 11.5 Å². The number of carbonyl (C=O) groups is 1. The number of benzene rings is 1. The summed E-state index contributed by atoms with van der Waals surface area (Å²) in [6.07, 6.45) is -0.0605. The van der Waals surface area contributed by atoms with Gasteiger partial charge < -0.3 is 14.6 Å². The lowest BCUT2D eigenvalue weighted by atomic mass is 10.3. The largest absolute Gasteiger partial charge is 0.495 e. The minimum Gasteiger partial charge on any atom is -0.495 e. The van der Waals surface area contributed by atoms with E-state index in [2.05, 4.69) is 15.2 Å². The molecule has 0 aliphatic rings. The van der Waals surface area contributed by atoms with Gasteiger partial charge in [0.05, 0.1) is 17.0 Å². The molecular formula is C14H16ClN3O5S. The summed E-state index contributed by atoms with van der Waals surface area (Å²) in [4.78, 5) is 11.7. The van der Waals surface area contributed by atoms with Crippen molar-refractivity contribution in [2.45, 2.75) is 18.2 Å². The summed E-state index contributed by atoms with van der Waals surface area (Å²) >= 11 is 5.92. The lowest BCUT2D eigenvalue weighted by Gasteiger charge is -2.08. The molecule has 2 N–H and O–H groups in total. The van der Waals surface area contributed by atoms with E-state index in [9.17, 15) is 13.2 Å². The highest BCUT2D eigenvalue weighted by Crippen LogP contribution is 2.26. The summed E-state index contributed by atoms with van der Waals surface area (Å²) in [5, 5.41) is 6.29. The number of ether oxygens (including phenoxy) is 1. The molecule has 130 valence electrons. The summed E-state index contributed by atoms with van der Waals surface area (Å²) in [5.74, 6) is 0.821. The van der Waals surface area contributed by atoms with Gasteiger partial charge in [-0.2, -0.15) is 0 Å². The Labute approximate surface area is 144 Å². The maximum absolute atomic E-state index is 12.2. The van der Waals surface area contributed by atoms with Gasteiger partial charge in [-0.3, -0.25) is 4.79 Å². The Balaban J connectivity index is 1.90. The Hall–Kier alpha value is -2.10. The van der Waals surface area contributed by atoms with E-state index in [1.165, 1.54) is 25.3 Å². The number of anilines is 1. The Kier molecular flexibility index (Phi) is 5.81. The molecule has 1 amide bonds. The minimum atomic E-state index is -3.78. The predicted octanol–water partition coefficient (Wildman–Crippen LogP) is 1.95. The van der Waals surface area contributed by atoms with Crippen molar-refractivity contribution in [2.24, 2.45) is 0 Å². The zero-order valence-electron chi connectivity index (χ0n) is 13.0. The van der Waals surface area contributed by atoms with Crippen molar-refractivity contribution in [2.75, 3.05) is 19.0 Å². The fraction of sp³-hybridized carbons (Fsp3) is 0.286. The van der Waals surface area contributed by atoms with Crippen molar-refractivity contribution < 1.29 is 22.5 Å². The van der Waals surface area contributed by atoms with Crippen LogP contribution in [-0.4, -0.2) is 33.1 Å². The summed E-state index contributed by atoms with van der Waals surface area (Å²) in [6, 6.07) is 5.66. The highest BCUT2D eigenvalue weighted by atomic mass is 35.5. The van der Waals surface area contributed by atoms with E-state index in [1.807, 2.05) is 0 Å². The number of carbonyl (C=O) groups excluding carboxylic acids is 1. The molecule has 2 rings (SSSR count). The fourth-order valence-corrected chi connectivity index (χ4v) is 3.21. The fourth-order valence-electron chi connectivity index (χ4n) is 1.83. The number of methoxy groups -OCH3 is 1. The standard InChI is InChI=1S/C14H16ClN3O5S/c1-9-7-13(18-23-9)17-14(19)5-6-16-24(20,21)10-3-4-12(22-2)11(15)8-10/h3-4,7-8,16H,5-6H2,1-2H3,(H,17,18,19). The van der Waals surface area contributed by atoms with Gasteiger partial charge in [-0.25, -0.2) is 13.1 Å². The number of aromatic nitrogens is 1. The van der Waals surface area contributed by atoms with E-state index in [1.54, 1.807) is 13.0 Å². The molecule has 2 aromatic rings. The lowest BCUT2D eigenvalue weighted by molar-refractivity contribution is -0.116. The first kappa shape index (κ1) is 18.2. The van der Waals surface area contributed by atoms with Crippen molar-refractivity contribution in [1.29, 1.82) is 0 Å². The number of amides is 1. The van der Waals surface area contributed by atoms with Crippen molar-refractivity contribution >= 4 is 33.3 Å². The van der Waals surface area contributed by atoms with E-state index in [0.29, 0.717) is 11.5 Å². The predicted molar refractivity (Wildman–Crippen MR) is 87.7 cm³/mol. The van der Waals surface area contributed by atoms with Gasteiger partial charge >= 0.3 is 0 Å². The van der Waals surface area contributed by atoms with Crippen LogP contribution in [-0.2, 0) is 14.8 Å². The van der Waals surface area contributed by atoms with Crippen molar-refractivity contribution in [3.8, 4) is 5.75 Å². The van der Waals surface area contributed by atoms with Crippen LogP contribution in [0.15, 0.2) is 33.7 Å². The third kappa shape index (κ3) is 4.70. The number of hydrogen-bond acceptors (Lipinski definition) is 6. The van der Waals surface area contributed by atoms with Crippen LogP contribution in [0, 0.1) is 6.92 Å². The third-order valence-corrected chi connectivity index (χ3v) is 4.73. The van der Waals surface area contributed by atoms with Crippen LogP contribution in [0.4, 0.5) is 5.82 Å². The molecule has 0 atom stereocenters. The van der Waals surface area contributed by atoms with Gasteiger partial charge in [-0.05, 0) is 25.1 Å². The van der Waals surface area contributed by atoms with Gasteiger partial charge in [0.25, 0.3) is 0 Å². The van der Waals surface area contributed by atoms with Gasteiger partial charge in [0.15, 0.2) is 5.82 Å². The van der Waals surface area contributed by atoms with Crippen LogP contribution in [0.1, 0.15) is 12.2 Å². The van der Waals surface area contributed by atoms with E-state index < -0.39 is 15.9 Å². The maximum Gasteiger partial charge on any atom is 0.240 e. The molecule has 0 aliphatic heterocycles. The van der Waals surface area contributed by atoms with E-state index in [-0.39, 0.29) is 28.7 Å². The first-order chi connectivity index (χ1) is 11.3. The second-order valence-corrected chi connectivity index (χ2v) is 6.99. The molecule has 0 aliphatic carbocycles. The first-order valence-electron chi connectivity index (χ1n) is 6.88. The quantitative estimate of drug-likeness (QED) is 0.767. The molecule has 0 bridgehead atoms. The average molecular weight is 374 g/mol. The van der Waals surface area contributed by atoms with Crippen LogP contribution in [0.5, 0.6) is 5.75 Å². The Bertz CT molecular complexity index is 835. The Morgan fingerprint density at radius 1 is 1.38 bits per heavy atom. The van der Waals surface area contributed by atoms with Gasteiger partial charge in [0.2, 0.25) is 15.9 Å². The second kappa shape index (κ2) is 7.65. The third-order valence-electron chi connectivity index (χ3n) is 2.97. The summed E-state index contributed by atoms with van der Waals surface area (Å²) in [7, 11) is -2.34. The normalized spacial score (nSPS) is 11.3. The van der Waals surface area contributed by atoms with Crippen LogP contribution < -0.4 is 14.8 Å². The minimum absolute atomic E-state index is 0.0131. The molecule has 0 fully saturated rings. The summed E-state index contributed by atoms with van der Waals surface area (Å²) in [6.45, 7) is 1.62. The molecule has 10 heteroatoms. The summed E-state index contributed by atoms with van der Waals surface area (Å²) < 4.78 is 36.4. The Morgan fingerprint density at radius 3 is 2.71 bits per heavy atom. The zero-order chi connectivity index (χ0) is 17.7. The van der Waals surface area contributed by atoms with Crippen LogP contribution in [0.25, 0.3) is 0 Å². The number of halogens is 1. The second-order valence-electron chi connectivity index (χ2n) is 4.82. The van der Waals surface area contributed by atoms with E-state index in [4.69, 9.17) is 20.9 Å². The first-order valence-corrected chi connectivity index (χ1v) is 8.74. The molecule has 0 saturated heterocycles. The monoisotopic (exact) mass is 373 g/mol. The van der Waals surface area contributed by atoms with E-state index in [0.717, 1.165) is 0 Å². The SMILES string of the molecule is COc1ccc(S(=O)(=O)NCCC(=O)Nc2cc(C)on2)cc1Cl. The number of nitrogens with zero attached hydrogens (tertiary/aromatic N) is 1. The molecule has 8 nitrogen and oxygen atoms in total. The van der Waals surface area contributed by atoms with Gasteiger partial charge in [-0.1, -0.05) is 16.8 Å². The number of aryl methyl sites for hydroxylation is 1. The number of nitrogens with one attached hydrogen (secondary N) is 2. The zero-order valence-corrected chi connectivity index (χ0v) is 14.6. The molecule has 1 aromatic heterocycles. The smallest absolute Gasteiger partial charge is 0.240 e. The molecule has 24 heavy (non-hydrogen) atoms. The molecule has 1 heterocycles. The van der Waals surface area contributed by atoms with Crippen LogP contribution in [0.3, 0.4) is 0 Å². The van der Waals surface area contributed by atoms with Gasteiger partial charge in [-0.15, -0.1) is 0 Å². The van der Waals surface area contributed by atoms with Gasteiger partial charge in [0, 0.05) is 19.0 Å². The van der Waals surface area contributed by atoms with E-state index >= 15 is 0 Å². The molecule has 0 spiro atoms. The van der Waals surface area contributed by atoms with Crippen molar-refractivity contribution in [1.82, 2.24) is 9.88 Å². The van der Waals surface area contributed by atoms with Crippen LogP contribution >= 0.6 is 11.6 Å². The Morgan fingerprint density at radius 2 is 2.12 bits per heavy atom. The average Bonchev–Trinajstić information content (AvgIpc) is 2.92. The van der Waals surface area contributed by atoms with Crippen molar-refractivity contribution in [3.63, 3.8) is 0 Å². The maximum atomic E-state index is 12.2. The number of rotatable bonds is 7. The molecule has 0 radical (unpaired) electrons. The topological polar surface area (TPSA) is 111 Å². The molecule has 1 aromatic carbocycles. The number of sulfonamides is 1. The van der Waals surface area contributed by atoms with Crippen molar-refractivity contribution in [3.05, 3.63) is 35.0 Å². The highest BCUT2D eigenvalue weighted by molar-refractivity contribution is 7.89. The molecular weight excluding hydrogens is 358 g/mol. The summed E-state index contributed by atoms with van der Waals surface area (Å²) in [5.41, 5.74) is 0. The highest BCUT2D eigenvalue weighted by Gasteiger charge is 2.16. The van der Waals surface area contributed by atoms with Crippen LogP contribution in [0.2, 0.25) is 5.02 Å². The lowest BCUT2D eigenvalue weighted by Crippen LogP contribution is -2.27.